The molecule has 0 aromatic heterocycles. The maximum absolute atomic E-state index is 13.9. The van der Waals surface area contributed by atoms with Gasteiger partial charge in [0.2, 0.25) is 0 Å². The van der Waals surface area contributed by atoms with Crippen LogP contribution in [0.4, 0.5) is 4.39 Å². The fourth-order valence-electron chi connectivity index (χ4n) is 3.51. The Morgan fingerprint density at radius 1 is 1.13 bits per heavy atom. The van der Waals surface area contributed by atoms with E-state index in [-0.39, 0.29) is 24.8 Å². The summed E-state index contributed by atoms with van der Waals surface area (Å²) in [5.41, 5.74) is 3.22. The van der Waals surface area contributed by atoms with Crippen LogP contribution in [0.25, 0.3) is 0 Å². The first-order valence-electron chi connectivity index (χ1n) is 10.4. The van der Waals surface area contributed by atoms with Crippen LogP contribution in [-0.4, -0.2) is 13.2 Å². The van der Waals surface area contributed by atoms with Crippen LogP contribution in [0.5, 0.6) is 11.5 Å². The first-order chi connectivity index (χ1) is 14.2. The summed E-state index contributed by atoms with van der Waals surface area (Å²) in [5, 5.41) is 3.52. The Morgan fingerprint density at radius 3 is 2.70 bits per heavy atom. The largest absolute Gasteiger partial charge is 0.490 e. The molecule has 1 aliphatic carbocycles. The minimum atomic E-state index is -0.268. The number of allylic oxidation sites excluding steroid dienone is 1. The zero-order chi connectivity index (χ0) is 20.5. The molecule has 164 valence electrons. The van der Waals surface area contributed by atoms with Gasteiger partial charge in [-0.3, -0.25) is 0 Å². The molecular weight excluding hydrogens is 469 g/mol. The second-order valence-corrected chi connectivity index (χ2v) is 8.11. The Hall–Kier alpha value is -1.56. The summed E-state index contributed by atoms with van der Waals surface area (Å²) in [5.74, 6) is 1.01. The van der Waals surface area contributed by atoms with Crippen LogP contribution in [0.2, 0.25) is 0 Å². The standard InChI is InChI=1S/C24H29BrFNO2.ClH/c1-2-28-23-15-19(16-27-13-12-18-8-4-3-5-9-18)14-21(25)24(23)29-17-20-10-6-7-11-22(20)26;/h6-8,10-11,14-15,27H,2-5,9,12-13,16-17H2,1H3;1H. The van der Waals surface area contributed by atoms with Gasteiger partial charge < -0.3 is 14.8 Å². The Morgan fingerprint density at radius 2 is 1.97 bits per heavy atom. The average Bonchev–Trinajstić information content (AvgIpc) is 2.73. The van der Waals surface area contributed by atoms with Crippen LogP contribution in [0, 0.1) is 5.82 Å². The van der Waals surface area contributed by atoms with Crippen molar-refractivity contribution in [2.75, 3.05) is 13.2 Å². The van der Waals surface area contributed by atoms with Gasteiger partial charge >= 0.3 is 0 Å². The number of benzene rings is 2. The number of hydrogen-bond donors (Lipinski definition) is 1. The molecule has 0 aliphatic heterocycles. The van der Waals surface area contributed by atoms with Crippen molar-refractivity contribution in [2.24, 2.45) is 0 Å². The molecule has 2 aromatic rings. The average molecular weight is 499 g/mol. The molecule has 0 radical (unpaired) electrons. The van der Waals surface area contributed by atoms with Gasteiger partial charge in [-0.1, -0.05) is 29.8 Å². The second kappa shape index (κ2) is 13.0. The molecule has 0 unspecified atom stereocenters. The summed E-state index contributed by atoms with van der Waals surface area (Å²) in [6, 6.07) is 10.7. The predicted molar refractivity (Wildman–Crippen MR) is 126 cm³/mol. The van der Waals surface area contributed by atoms with Gasteiger partial charge in [-0.2, -0.15) is 0 Å². The van der Waals surface area contributed by atoms with Crippen LogP contribution in [0.15, 0.2) is 52.5 Å². The fraction of sp³-hybridized carbons (Fsp3) is 0.417. The van der Waals surface area contributed by atoms with Crippen molar-refractivity contribution in [1.82, 2.24) is 5.32 Å². The van der Waals surface area contributed by atoms with Gasteiger partial charge in [-0.25, -0.2) is 4.39 Å². The SMILES string of the molecule is CCOc1cc(CNCCC2=CCCCC2)cc(Br)c1OCc1ccccc1F.Cl. The normalized spacial score (nSPS) is 13.4. The molecule has 0 atom stereocenters. The van der Waals surface area contributed by atoms with Crippen LogP contribution < -0.4 is 14.8 Å². The summed E-state index contributed by atoms with van der Waals surface area (Å²) in [6.07, 6.45) is 8.64. The van der Waals surface area contributed by atoms with Gasteiger partial charge in [0.15, 0.2) is 11.5 Å². The molecule has 3 rings (SSSR count). The van der Waals surface area contributed by atoms with E-state index in [0.717, 1.165) is 29.5 Å². The lowest BCUT2D eigenvalue weighted by atomic mass is 9.97. The fourth-order valence-corrected chi connectivity index (χ4v) is 4.11. The maximum Gasteiger partial charge on any atom is 0.175 e. The molecule has 0 amide bonds. The zero-order valence-electron chi connectivity index (χ0n) is 17.4. The molecule has 0 heterocycles. The molecule has 6 heteroatoms. The molecule has 0 saturated carbocycles. The van der Waals surface area contributed by atoms with E-state index < -0.39 is 0 Å². The molecule has 1 aliphatic rings. The lowest BCUT2D eigenvalue weighted by molar-refractivity contribution is 0.264. The minimum Gasteiger partial charge on any atom is -0.490 e. The highest BCUT2D eigenvalue weighted by molar-refractivity contribution is 9.10. The van der Waals surface area contributed by atoms with Crippen LogP contribution in [-0.2, 0) is 13.2 Å². The van der Waals surface area contributed by atoms with Crippen molar-refractivity contribution < 1.29 is 13.9 Å². The molecule has 0 saturated heterocycles. The van der Waals surface area contributed by atoms with E-state index in [9.17, 15) is 4.39 Å². The summed E-state index contributed by atoms with van der Waals surface area (Å²) in [6.45, 7) is 4.36. The van der Waals surface area contributed by atoms with Crippen LogP contribution in [0.1, 0.15) is 50.2 Å². The third kappa shape index (κ3) is 7.29. The van der Waals surface area contributed by atoms with Crippen molar-refractivity contribution in [3.63, 3.8) is 0 Å². The first kappa shape index (κ1) is 24.7. The van der Waals surface area contributed by atoms with E-state index in [0.29, 0.717) is 23.7 Å². The van der Waals surface area contributed by atoms with Crippen LogP contribution >= 0.6 is 28.3 Å². The number of halogens is 3. The molecule has 0 bridgehead atoms. The number of ether oxygens (including phenoxy) is 2. The molecule has 0 fully saturated rings. The number of rotatable bonds is 10. The van der Waals surface area contributed by atoms with E-state index in [1.165, 1.54) is 31.7 Å². The molecular formula is C24H30BrClFNO2. The molecule has 30 heavy (non-hydrogen) atoms. The Bertz CT molecular complexity index is 844. The maximum atomic E-state index is 13.9. The van der Waals surface area contributed by atoms with Gasteiger partial charge in [0, 0.05) is 12.1 Å². The number of nitrogens with one attached hydrogen (secondary N) is 1. The third-order valence-electron chi connectivity index (χ3n) is 5.04. The quantitative estimate of drug-likeness (QED) is 0.283. The highest BCUT2D eigenvalue weighted by Gasteiger charge is 2.14. The summed E-state index contributed by atoms with van der Waals surface area (Å²) >= 11 is 3.60. The predicted octanol–water partition coefficient (Wildman–Crippen LogP) is 6.97. The highest BCUT2D eigenvalue weighted by Crippen LogP contribution is 2.37. The van der Waals surface area contributed by atoms with Crippen LogP contribution in [0.3, 0.4) is 0 Å². The Kier molecular flexibility index (Phi) is 10.7. The minimum absolute atomic E-state index is 0. The molecule has 0 spiro atoms. The molecule has 2 aromatic carbocycles. The highest BCUT2D eigenvalue weighted by atomic mass is 79.9. The van der Waals surface area contributed by atoms with Gasteiger partial charge in [0.1, 0.15) is 12.4 Å². The van der Waals surface area contributed by atoms with E-state index in [1.54, 1.807) is 23.8 Å². The topological polar surface area (TPSA) is 30.5 Å². The van der Waals surface area contributed by atoms with E-state index >= 15 is 0 Å². The summed E-state index contributed by atoms with van der Waals surface area (Å²) in [7, 11) is 0. The van der Waals surface area contributed by atoms with Gasteiger partial charge in [-0.15, -0.1) is 12.4 Å². The number of hydrogen-bond acceptors (Lipinski definition) is 3. The van der Waals surface area contributed by atoms with Crippen molar-refractivity contribution >= 4 is 28.3 Å². The van der Waals surface area contributed by atoms with Gasteiger partial charge in [-0.05, 0) is 85.3 Å². The first-order valence-corrected chi connectivity index (χ1v) is 11.2. The lowest BCUT2D eigenvalue weighted by Crippen LogP contribution is -2.16. The van der Waals surface area contributed by atoms with Gasteiger partial charge in [0.25, 0.3) is 0 Å². The monoisotopic (exact) mass is 497 g/mol. The van der Waals surface area contributed by atoms with Crippen molar-refractivity contribution in [3.8, 4) is 11.5 Å². The second-order valence-electron chi connectivity index (χ2n) is 7.25. The van der Waals surface area contributed by atoms with Crippen molar-refractivity contribution in [1.29, 1.82) is 0 Å². The van der Waals surface area contributed by atoms with E-state index in [4.69, 9.17) is 9.47 Å². The lowest BCUT2D eigenvalue weighted by Gasteiger charge is -2.16. The zero-order valence-corrected chi connectivity index (χ0v) is 19.8. The summed E-state index contributed by atoms with van der Waals surface area (Å²) in [4.78, 5) is 0. The summed E-state index contributed by atoms with van der Waals surface area (Å²) < 4.78 is 26.4. The Balaban J connectivity index is 0.00000320. The van der Waals surface area contributed by atoms with E-state index in [1.807, 2.05) is 19.1 Å². The molecule has 1 N–H and O–H groups in total. The van der Waals surface area contributed by atoms with Crippen molar-refractivity contribution in [2.45, 2.75) is 52.2 Å². The van der Waals surface area contributed by atoms with Crippen molar-refractivity contribution in [3.05, 3.63) is 69.5 Å². The molecule has 3 nitrogen and oxygen atoms in total. The van der Waals surface area contributed by atoms with E-state index in [2.05, 4.69) is 27.3 Å². The smallest absolute Gasteiger partial charge is 0.175 e. The Labute approximate surface area is 193 Å². The third-order valence-corrected chi connectivity index (χ3v) is 5.63. The van der Waals surface area contributed by atoms with Gasteiger partial charge in [0.05, 0.1) is 11.1 Å².